The Morgan fingerprint density at radius 2 is 2.29 bits per heavy atom. The zero-order valence-electron chi connectivity index (χ0n) is 10.3. The Morgan fingerprint density at radius 3 is 3.00 bits per heavy atom. The second-order valence-electron chi connectivity index (χ2n) is 4.65. The summed E-state index contributed by atoms with van der Waals surface area (Å²) in [5.41, 5.74) is 1.82. The van der Waals surface area contributed by atoms with Gasteiger partial charge in [0.15, 0.2) is 0 Å². The minimum atomic E-state index is 0.0427. The summed E-state index contributed by atoms with van der Waals surface area (Å²) in [6, 6.07) is 8.29. The maximum atomic E-state index is 11.9. The quantitative estimate of drug-likeness (QED) is 0.832. The van der Waals surface area contributed by atoms with Crippen LogP contribution in [0.1, 0.15) is 35.2 Å². The van der Waals surface area contributed by atoms with Crippen LogP contribution in [0.4, 0.5) is 0 Å². The van der Waals surface area contributed by atoms with Crippen LogP contribution in [0.2, 0.25) is 0 Å². The first-order chi connectivity index (χ1) is 8.27. The van der Waals surface area contributed by atoms with Crippen molar-refractivity contribution >= 4 is 5.91 Å². The monoisotopic (exact) mass is 232 g/mol. The van der Waals surface area contributed by atoms with Crippen LogP contribution in [0.5, 0.6) is 0 Å². The van der Waals surface area contributed by atoms with Crippen molar-refractivity contribution in [3.8, 4) is 0 Å². The van der Waals surface area contributed by atoms with Gasteiger partial charge in [-0.3, -0.25) is 4.79 Å². The second kappa shape index (κ2) is 5.82. The molecule has 0 radical (unpaired) electrons. The van der Waals surface area contributed by atoms with Gasteiger partial charge in [-0.15, -0.1) is 0 Å². The molecule has 1 aromatic carbocycles. The molecule has 0 saturated carbocycles. The van der Waals surface area contributed by atoms with Crippen molar-refractivity contribution in [2.75, 3.05) is 13.1 Å². The first kappa shape index (κ1) is 12.1. The van der Waals surface area contributed by atoms with Crippen LogP contribution in [0, 0.1) is 6.92 Å². The molecule has 1 unspecified atom stereocenters. The molecule has 1 aliphatic rings. The molecule has 2 rings (SSSR count). The van der Waals surface area contributed by atoms with E-state index in [1.165, 1.54) is 12.8 Å². The SMILES string of the molecule is Cc1ccccc1C(=O)NCCC1CCCN1. The Labute approximate surface area is 103 Å². The van der Waals surface area contributed by atoms with Crippen molar-refractivity contribution in [3.05, 3.63) is 35.4 Å². The van der Waals surface area contributed by atoms with E-state index >= 15 is 0 Å². The fourth-order valence-corrected chi connectivity index (χ4v) is 2.29. The summed E-state index contributed by atoms with van der Waals surface area (Å²) in [4.78, 5) is 11.9. The molecule has 3 heteroatoms. The first-order valence-corrected chi connectivity index (χ1v) is 6.34. The van der Waals surface area contributed by atoms with Crippen LogP contribution >= 0.6 is 0 Å². The van der Waals surface area contributed by atoms with Crippen LogP contribution in [0.15, 0.2) is 24.3 Å². The molecular weight excluding hydrogens is 212 g/mol. The van der Waals surface area contributed by atoms with E-state index in [4.69, 9.17) is 0 Å². The number of hydrogen-bond acceptors (Lipinski definition) is 2. The lowest BCUT2D eigenvalue weighted by Crippen LogP contribution is -2.30. The summed E-state index contributed by atoms with van der Waals surface area (Å²) in [6.45, 7) is 3.84. The molecule has 2 N–H and O–H groups in total. The number of amides is 1. The summed E-state index contributed by atoms with van der Waals surface area (Å²) < 4.78 is 0. The molecule has 3 nitrogen and oxygen atoms in total. The van der Waals surface area contributed by atoms with Gasteiger partial charge in [0.05, 0.1) is 0 Å². The van der Waals surface area contributed by atoms with Gasteiger partial charge < -0.3 is 10.6 Å². The third kappa shape index (κ3) is 3.30. The van der Waals surface area contributed by atoms with Gasteiger partial charge in [0.1, 0.15) is 0 Å². The molecule has 0 bridgehead atoms. The second-order valence-corrected chi connectivity index (χ2v) is 4.65. The molecular formula is C14H20N2O. The number of rotatable bonds is 4. The Kier molecular flexibility index (Phi) is 4.15. The normalized spacial score (nSPS) is 19.2. The molecule has 0 spiro atoms. The highest BCUT2D eigenvalue weighted by molar-refractivity contribution is 5.95. The highest BCUT2D eigenvalue weighted by atomic mass is 16.1. The Bertz CT molecular complexity index is 384. The van der Waals surface area contributed by atoms with Crippen molar-refractivity contribution in [2.24, 2.45) is 0 Å². The lowest BCUT2D eigenvalue weighted by atomic mass is 10.1. The minimum absolute atomic E-state index is 0.0427. The Morgan fingerprint density at radius 1 is 1.47 bits per heavy atom. The van der Waals surface area contributed by atoms with Gasteiger partial charge in [0, 0.05) is 18.2 Å². The first-order valence-electron chi connectivity index (χ1n) is 6.34. The summed E-state index contributed by atoms with van der Waals surface area (Å²) >= 11 is 0. The van der Waals surface area contributed by atoms with Crippen molar-refractivity contribution in [1.82, 2.24) is 10.6 Å². The van der Waals surface area contributed by atoms with Crippen molar-refractivity contribution in [2.45, 2.75) is 32.2 Å². The fraction of sp³-hybridized carbons (Fsp3) is 0.500. The lowest BCUT2D eigenvalue weighted by molar-refractivity contribution is 0.0951. The van der Waals surface area contributed by atoms with E-state index in [1.807, 2.05) is 31.2 Å². The predicted molar refractivity (Wildman–Crippen MR) is 69.2 cm³/mol. The lowest BCUT2D eigenvalue weighted by Gasteiger charge is -2.11. The van der Waals surface area contributed by atoms with Crippen LogP contribution in [-0.2, 0) is 0 Å². The van der Waals surface area contributed by atoms with Crippen molar-refractivity contribution in [1.29, 1.82) is 0 Å². The van der Waals surface area contributed by atoms with E-state index in [0.29, 0.717) is 6.04 Å². The smallest absolute Gasteiger partial charge is 0.251 e. The number of benzene rings is 1. The number of nitrogens with one attached hydrogen (secondary N) is 2. The van der Waals surface area contributed by atoms with E-state index in [1.54, 1.807) is 0 Å². The molecule has 1 fully saturated rings. The van der Waals surface area contributed by atoms with Crippen LogP contribution in [0.3, 0.4) is 0 Å². The third-order valence-corrected chi connectivity index (χ3v) is 3.33. The predicted octanol–water partition coefficient (Wildman–Crippen LogP) is 1.87. The fourth-order valence-electron chi connectivity index (χ4n) is 2.29. The van der Waals surface area contributed by atoms with Crippen molar-refractivity contribution < 1.29 is 4.79 Å². The molecule has 1 saturated heterocycles. The maximum absolute atomic E-state index is 11.9. The minimum Gasteiger partial charge on any atom is -0.352 e. The highest BCUT2D eigenvalue weighted by Crippen LogP contribution is 2.09. The molecule has 92 valence electrons. The summed E-state index contributed by atoms with van der Waals surface area (Å²) in [5.74, 6) is 0.0427. The van der Waals surface area contributed by atoms with Gasteiger partial charge in [0.2, 0.25) is 0 Å². The molecule has 1 atom stereocenters. The van der Waals surface area contributed by atoms with E-state index in [9.17, 15) is 4.79 Å². The van der Waals surface area contributed by atoms with Crippen LogP contribution in [-0.4, -0.2) is 25.0 Å². The highest BCUT2D eigenvalue weighted by Gasteiger charge is 2.14. The number of hydrogen-bond donors (Lipinski definition) is 2. The maximum Gasteiger partial charge on any atom is 0.251 e. The van der Waals surface area contributed by atoms with Crippen LogP contribution < -0.4 is 10.6 Å². The van der Waals surface area contributed by atoms with E-state index in [0.717, 1.165) is 30.6 Å². The summed E-state index contributed by atoms with van der Waals surface area (Å²) in [6.07, 6.45) is 3.52. The number of carbonyl (C=O) groups is 1. The largest absolute Gasteiger partial charge is 0.352 e. The molecule has 0 aromatic heterocycles. The third-order valence-electron chi connectivity index (χ3n) is 3.33. The topological polar surface area (TPSA) is 41.1 Å². The van der Waals surface area contributed by atoms with Crippen LogP contribution in [0.25, 0.3) is 0 Å². The Balaban J connectivity index is 1.79. The molecule has 1 aromatic rings. The molecule has 17 heavy (non-hydrogen) atoms. The van der Waals surface area contributed by atoms with Gasteiger partial charge in [-0.2, -0.15) is 0 Å². The number of carbonyl (C=O) groups excluding carboxylic acids is 1. The van der Waals surface area contributed by atoms with E-state index < -0.39 is 0 Å². The van der Waals surface area contributed by atoms with Gasteiger partial charge in [-0.1, -0.05) is 18.2 Å². The molecule has 1 aliphatic heterocycles. The van der Waals surface area contributed by atoms with Gasteiger partial charge in [-0.05, 0) is 44.4 Å². The van der Waals surface area contributed by atoms with Gasteiger partial charge in [-0.25, -0.2) is 0 Å². The average Bonchev–Trinajstić information content (AvgIpc) is 2.82. The standard InChI is InChI=1S/C14H20N2O/c1-11-5-2-3-7-13(11)14(17)16-10-8-12-6-4-9-15-12/h2-3,5,7,12,15H,4,6,8-10H2,1H3,(H,16,17). The molecule has 1 heterocycles. The van der Waals surface area contributed by atoms with Gasteiger partial charge >= 0.3 is 0 Å². The molecule has 1 amide bonds. The summed E-state index contributed by atoms with van der Waals surface area (Å²) in [5, 5.41) is 6.42. The Hall–Kier alpha value is -1.35. The van der Waals surface area contributed by atoms with Crippen molar-refractivity contribution in [3.63, 3.8) is 0 Å². The van der Waals surface area contributed by atoms with Gasteiger partial charge in [0.25, 0.3) is 5.91 Å². The van der Waals surface area contributed by atoms with E-state index in [-0.39, 0.29) is 5.91 Å². The zero-order valence-corrected chi connectivity index (χ0v) is 10.3. The molecule has 0 aliphatic carbocycles. The number of aryl methyl sites for hydroxylation is 1. The summed E-state index contributed by atoms with van der Waals surface area (Å²) in [7, 11) is 0. The average molecular weight is 232 g/mol. The van der Waals surface area contributed by atoms with E-state index in [2.05, 4.69) is 10.6 Å². The zero-order chi connectivity index (χ0) is 12.1.